The molecule has 0 aliphatic carbocycles. The average molecular weight is 497 g/mol. The first-order valence-corrected chi connectivity index (χ1v) is 12.4. The standard InChI is InChI=1S/C29H32N6O2/c1-20(23-11-9-22(15-30)10-12-23)16-32-28(24-7-5-4-6-8-24)29(37)33-26-14-13-25(17-31-26)35-19-27(36)34(3)18-21(35)2/h4-14,17,20-21,28,32H,16,18-19H2,1-3H3,(H,31,33,37)/t20-,21?,28+/m1/s1. The molecule has 0 saturated carbocycles. The highest BCUT2D eigenvalue weighted by Gasteiger charge is 2.27. The normalized spacial score (nSPS) is 17.1. The summed E-state index contributed by atoms with van der Waals surface area (Å²) in [5.74, 6) is 0.450. The summed E-state index contributed by atoms with van der Waals surface area (Å²) in [6.45, 7) is 5.69. The molecular weight excluding hydrogens is 464 g/mol. The van der Waals surface area contributed by atoms with Gasteiger partial charge in [0.05, 0.1) is 30.1 Å². The third-order valence-corrected chi connectivity index (χ3v) is 6.76. The smallest absolute Gasteiger partial charge is 0.247 e. The fourth-order valence-corrected chi connectivity index (χ4v) is 4.50. The molecule has 8 heteroatoms. The lowest BCUT2D eigenvalue weighted by atomic mass is 9.98. The molecule has 4 rings (SSSR count). The number of carbonyl (C=O) groups excluding carboxylic acids is 2. The van der Waals surface area contributed by atoms with Crippen LogP contribution in [0.3, 0.4) is 0 Å². The van der Waals surface area contributed by atoms with Gasteiger partial charge in [-0.15, -0.1) is 0 Å². The van der Waals surface area contributed by atoms with Crippen LogP contribution < -0.4 is 15.5 Å². The fraction of sp³-hybridized carbons (Fsp3) is 0.310. The molecule has 190 valence electrons. The number of benzene rings is 2. The molecule has 1 saturated heterocycles. The third-order valence-electron chi connectivity index (χ3n) is 6.76. The molecule has 2 N–H and O–H groups in total. The van der Waals surface area contributed by atoms with Gasteiger partial charge in [0.15, 0.2) is 0 Å². The van der Waals surface area contributed by atoms with Crippen molar-refractivity contribution in [3.05, 3.63) is 89.6 Å². The minimum absolute atomic E-state index is 0.0718. The molecule has 3 aromatic rings. The number of nitrogens with zero attached hydrogens (tertiary/aromatic N) is 4. The van der Waals surface area contributed by atoms with Crippen LogP contribution in [0.1, 0.15) is 42.5 Å². The van der Waals surface area contributed by atoms with Crippen LogP contribution in [0.25, 0.3) is 0 Å². The second kappa shape index (κ2) is 11.7. The Balaban J connectivity index is 1.44. The van der Waals surface area contributed by atoms with Crippen molar-refractivity contribution >= 4 is 23.3 Å². The van der Waals surface area contributed by atoms with Gasteiger partial charge in [0.1, 0.15) is 11.9 Å². The Morgan fingerprint density at radius 3 is 2.49 bits per heavy atom. The summed E-state index contributed by atoms with van der Waals surface area (Å²) in [6, 6.07) is 22.5. The van der Waals surface area contributed by atoms with Crippen molar-refractivity contribution in [2.75, 3.05) is 36.9 Å². The summed E-state index contributed by atoms with van der Waals surface area (Å²) in [6.07, 6.45) is 1.70. The molecule has 1 aromatic heterocycles. The van der Waals surface area contributed by atoms with Gasteiger partial charge in [-0.3, -0.25) is 9.59 Å². The van der Waals surface area contributed by atoms with E-state index >= 15 is 0 Å². The van der Waals surface area contributed by atoms with Gasteiger partial charge in [-0.2, -0.15) is 5.26 Å². The van der Waals surface area contributed by atoms with Crippen molar-refractivity contribution in [2.45, 2.75) is 31.8 Å². The first-order valence-electron chi connectivity index (χ1n) is 12.4. The summed E-state index contributed by atoms with van der Waals surface area (Å²) in [7, 11) is 1.81. The van der Waals surface area contributed by atoms with Gasteiger partial charge in [0, 0.05) is 26.2 Å². The Labute approximate surface area is 217 Å². The number of hydrogen-bond acceptors (Lipinski definition) is 6. The Morgan fingerprint density at radius 1 is 1.11 bits per heavy atom. The number of nitrogens with one attached hydrogen (secondary N) is 2. The molecule has 0 bridgehead atoms. The van der Waals surface area contributed by atoms with Gasteiger partial charge in [0.2, 0.25) is 11.8 Å². The van der Waals surface area contributed by atoms with Crippen LogP contribution in [-0.4, -0.2) is 54.4 Å². The van der Waals surface area contributed by atoms with Crippen molar-refractivity contribution in [3.63, 3.8) is 0 Å². The Kier molecular flexibility index (Phi) is 8.16. The van der Waals surface area contributed by atoms with Crippen molar-refractivity contribution in [3.8, 4) is 6.07 Å². The Hall–Kier alpha value is -4.22. The van der Waals surface area contributed by atoms with Crippen LogP contribution in [0.5, 0.6) is 0 Å². The average Bonchev–Trinajstić information content (AvgIpc) is 2.92. The second-order valence-corrected chi connectivity index (χ2v) is 9.53. The molecule has 0 spiro atoms. The molecule has 1 fully saturated rings. The van der Waals surface area contributed by atoms with E-state index < -0.39 is 6.04 Å². The van der Waals surface area contributed by atoms with Crippen LogP contribution in [0.15, 0.2) is 72.9 Å². The van der Waals surface area contributed by atoms with E-state index in [-0.39, 0.29) is 23.8 Å². The van der Waals surface area contributed by atoms with E-state index in [0.717, 1.165) is 16.8 Å². The van der Waals surface area contributed by atoms with Crippen molar-refractivity contribution in [2.24, 2.45) is 0 Å². The number of rotatable bonds is 8. The van der Waals surface area contributed by atoms with Gasteiger partial charge in [-0.1, -0.05) is 49.4 Å². The van der Waals surface area contributed by atoms with E-state index in [0.29, 0.717) is 31.0 Å². The number of likely N-dealkylation sites (N-methyl/N-ethyl adjacent to an activating group) is 1. The zero-order valence-electron chi connectivity index (χ0n) is 21.4. The molecule has 1 aliphatic rings. The second-order valence-electron chi connectivity index (χ2n) is 9.53. The summed E-state index contributed by atoms with van der Waals surface area (Å²) >= 11 is 0. The zero-order chi connectivity index (χ0) is 26.4. The number of pyridine rings is 1. The molecular formula is C29H32N6O2. The zero-order valence-corrected chi connectivity index (χ0v) is 21.4. The Morgan fingerprint density at radius 2 is 1.84 bits per heavy atom. The summed E-state index contributed by atoms with van der Waals surface area (Å²) in [5.41, 5.74) is 3.42. The topological polar surface area (TPSA) is 101 Å². The van der Waals surface area contributed by atoms with Crippen LogP contribution in [0, 0.1) is 11.3 Å². The third kappa shape index (κ3) is 6.32. The van der Waals surface area contributed by atoms with Crippen LogP contribution >= 0.6 is 0 Å². The van der Waals surface area contributed by atoms with Crippen LogP contribution in [-0.2, 0) is 9.59 Å². The highest BCUT2D eigenvalue weighted by atomic mass is 16.2. The molecule has 3 atom stereocenters. The van der Waals surface area contributed by atoms with Gasteiger partial charge >= 0.3 is 0 Å². The lowest BCUT2D eigenvalue weighted by Crippen LogP contribution is -2.53. The van der Waals surface area contributed by atoms with E-state index in [9.17, 15) is 9.59 Å². The van der Waals surface area contributed by atoms with Gasteiger partial charge in [-0.25, -0.2) is 4.98 Å². The number of anilines is 2. The fourth-order valence-electron chi connectivity index (χ4n) is 4.50. The molecule has 8 nitrogen and oxygen atoms in total. The predicted molar refractivity (Wildman–Crippen MR) is 144 cm³/mol. The van der Waals surface area contributed by atoms with Gasteiger partial charge in [-0.05, 0) is 48.2 Å². The molecule has 0 radical (unpaired) electrons. The quantitative estimate of drug-likeness (QED) is 0.493. The summed E-state index contributed by atoms with van der Waals surface area (Å²) in [5, 5.41) is 15.4. The summed E-state index contributed by atoms with van der Waals surface area (Å²) in [4.78, 5) is 33.7. The number of hydrogen-bond donors (Lipinski definition) is 2. The molecule has 37 heavy (non-hydrogen) atoms. The maximum absolute atomic E-state index is 13.4. The van der Waals surface area contributed by atoms with E-state index in [1.807, 2.05) is 60.5 Å². The monoisotopic (exact) mass is 496 g/mol. The maximum Gasteiger partial charge on any atom is 0.247 e. The number of nitriles is 1. The molecule has 1 unspecified atom stereocenters. The molecule has 2 heterocycles. The minimum atomic E-state index is -0.571. The van der Waals surface area contributed by atoms with E-state index in [1.54, 1.807) is 29.3 Å². The molecule has 1 aliphatic heterocycles. The number of aromatic nitrogens is 1. The first-order chi connectivity index (χ1) is 17.9. The predicted octanol–water partition coefficient (Wildman–Crippen LogP) is 3.69. The highest BCUT2D eigenvalue weighted by Crippen LogP contribution is 2.23. The molecule has 2 aromatic carbocycles. The number of carbonyl (C=O) groups is 2. The van der Waals surface area contributed by atoms with Crippen molar-refractivity contribution in [1.82, 2.24) is 15.2 Å². The van der Waals surface area contributed by atoms with Crippen molar-refractivity contribution < 1.29 is 9.59 Å². The lowest BCUT2D eigenvalue weighted by molar-refractivity contribution is -0.130. The highest BCUT2D eigenvalue weighted by molar-refractivity contribution is 5.95. The largest absolute Gasteiger partial charge is 0.356 e. The Bertz CT molecular complexity index is 1250. The van der Waals surface area contributed by atoms with Gasteiger partial charge in [0.25, 0.3) is 0 Å². The van der Waals surface area contributed by atoms with E-state index in [4.69, 9.17) is 5.26 Å². The van der Waals surface area contributed by atoms with E-state index in [2.05, 4.69) is 35.5 Å². The maximum atomic E-state index is 13.4. The SMILES string of the molecule is CC1CN(C)C(=O)CN1c1ccc(NC(=O)[C@@H](NC[C@@H](C)c2ccc(C#N)cc2)c2ccccc2)nc1. The van der Waals surface area contributed by atoms with Gasteiger partial charge < -0.3 is 20.4 Å². The first kappa shape index (κ1) is 25.9. The summed E-state index contributed by atoms with van der Waals surface area (Å²) < 4.78 is 0. The van der Waals surface area contributed by atoms with Crippen molar-refractivity contribution in [1.29, 1.82) is 5.26 Å². The lowest BCUT2D eigenvalue weighted by Gasteiger charge is -2.39. The van der Waals surface area contributed by atoms with Crippen LogP contribution in [0.4, 0.5) is 11.5 Å². The molecule has 2 amide bonds. The minimum Gasteiger partial charge on any atom is -0.356 e. The number of amides is 2. The van der Waals surface area contributed by atoms with Crippen LogP contribution in [0.2, 0.25) is 0 Å². The van der Waals surface area contributed by atoms with E-state index in [1.165, 1.54) is 0 Å². The number of piperazine rings is 1.